The monoisotopic (exact) mass is 352 g/mol. The van der Waals surface area contributed by atoms with E-state index < -0.39 is 12.0 Å². The van der Waals surface area contributed by atoms with Gasteiger partial charge in [0.05, 0.1) is 12.9 Å². The van der Waals surface area contributed by atoms with Crippen LogP contribution in [0.3, 0.4) is 0 Å². The number of rotatable bonds is 7. The van der Waals surface area contributed by atoms with Gasteiger partial charge in [0.2, 0.25) is 11.0 Å². The van der Waals surface area contributed by atoms with Crippen molar-refractivity contribution in [1.82, 2.24) is 15.5 Å². The summed E-state index contributed by atoms with van der Waals surface area (Å²) in [6, 6.07) is 8.69. The van der Waals surface area contributed by atoms with Crippen molar-refractivity contribution in [3.63, 3.8) is 0 Å². The van der Waals surface area contributed by atoms with Crippen LogP contribution >= 0.6 is 23.1 Å². The van der Waals surface area contributed by atoms with E-state index in [4.69, 9.17) is 10.5 Å². The van der Waals surface area contributed by atoms with Gasteiger partial charge < -0.3 is 15.8 Å². The highest BCUT2D eigenvalue weighted by Gasteiger charge is 2.22. The van der Waals surface area contributed by atoms with E-state index in [1.165, 1.54) is 30.2 Å². The van der Waals surface area contributed by atoms with Crippen LogP contribution in [0.2, 0.25) is 0 Å². The number of methoxy groups -OCH3 is 1. The summed E-state index contributed by atoms with van der Waals surface area (Å²) in [5.74, 6) is -0.640. The van der Waals surface area contributed by atoms with Gasteiger partial charge in [0.25, 0.3) is 0 Å². The number of amides is 1. The molecule has 0 saturated carbocycles. The Kier molecular flexibility index (Phi) is 6.36. The number of anilines is 1. The summed E-state index contributed by atoms with van der Waals surface area (Å²) in [5.41, 5.74) is 6.42. The number of hydrogen-bond acceptors (Lipinski definition) is 8. The lowest BCUT2D eigenvalue weighted by Crippen LogP contribution is -2.43. The SMILES string of the molecule is COC(=O)[C@@H](Cc1ccccc1)NC(=O)CSc1nnc(N)s1. The number of esters is 1. The summed E-state index contributed by atoms with van der Waals surface area (Å²) in [7, 11) is 1.30. The van der Waals surface area contributed by atoms with Crippen molar-refractivity contribution in [3.8, 4) is 0 Å². The Morgan fingerprint density at radius 3 is 2.70 bits per heavy atom. The molecular formula is C14H16N4O3S2. The minimum Gasteiger partial charge on any atom is -0.467 e. The first-order valence-electron chi connectivity index (χ1n) is 6.71. The number of thioether (sulfide) groups is 1. The van der Waals surface area contributed by atoms with Crippen molar-refractivity contribution >= 4 is 40.1 Å². The van der Waals surface area contributed by atoms with Crippen LogP contribution < -0.4 is 11.1 Å². The Bertz CT molecular complexity index is 663. The lowest BCUT2D eigenvalue weighted by molar-refractivity contribution is -0.144. The summed E-state index contributed by atoms with van der Waals surface area (Å²) >= 11 is 2.43. The van der Waals surface area contributed by atoms with Crippen LogP contribution in [-0.4, -0.2) is 41.0 Å². The number of nitrogens with two attached hydrogens (primary N) is 1. The van der Waals surface area contributed by atoms with Gasteiger partial charge in [0.15, 0.2) is 4.34 Å². The molecule has 7 nitrogen and oxygen atoms in total. The average Bonchev–Trinajstić information content (AvgIpc) is 2.98. The number of hydrogen-bond donors (Lipinski definition) is 2. The van der Waals surface area contributed by atoms with Crippen LogP contribution in [0.25, 0.3) is 0 Å². The topological polar surface area (TPSA) is 107 Å². The summed E-state index contributed by atoms with van der Waals surface area (Å²) in [5, 5.41) is 10.5. The maximum Gasteiger partial charge on any atom is 0.328 e. The predicted molar refractivity (Wildman–Crippen MR) is 89.1 cm³/mol. The minimum atomic E-state index is -0.727. The number of carbonyl (C=O) groups is 2. The molecular weight excluding hydrogens is 336 g/mol. The summed E-state index contributed by atoms with van der Waals surface area (Å²) in [4.78, 5) is 23.9. The molecule has 1 aromatic heterocycles. The zero-order chi connectivity index (χ0) is 16.7. The third kappa shape index (κ3) is 5.53. The highest BCUT2D eigenvalue weighted by atomic mass is 32.2. The maximum atomic E-state index is 12.0. The smallest absolute Gasteiger partial charge is 0.328 e. The number of nitrogens with one attached hydrogen (secondary N) is 1. The average molecular weight is 352 g/mol. The molecule has 0 fully saturated rings. The molecule has 0 radical (unpaired) electrons. The molecule has 0 bridgehead atoms. The summed E-state index contributed by atoms with van der Waals surface area (Å²) in [6.45, 7) is 0. The van der Waals surface area contributed by atoms with Gasteiger partial charge >= 0.3 is 5.97 Å². The normalized spacial score (nSPS) is 11.7. The van der Waals surface area contributed by atoms with Gasteiger partial charge in [-0.1, -0.05) is 53.4 Å². The third-order valence-electron chi connectivity index (χ3n) is 2.85. The van der Waals surface area contributed by atoms with E-state index in [1.807, 2.05) is 30.3 Å². The van der Waals surface area contributed by atoms with Crippen LogP contribution in [0, 0.1) is 0 Å². The molecule has 0 aliphatic heterocycles. The summed E-state index contributed by atoms with van der Waals surface area (Å²) in [6.07, 6.45) is 0.371. The Balaban J connectivity index is 1.91. The van der Waals surface area contributed by atoms with E-state index >= 15 is 0 Å². The van der Waals surface area contributed by atoms with Crippen molar-refractivity contribution in [2.24, 2.45) is 0 Å². The Labute approximate surface area is 141 Å². The number of carbonyl (C=O) groups excluding carboxylic acids is 2. The second-order valence-corrected chi connectivity index (χ2v) is 6.76. The minimum absolute atomic E-state index is 0.122. The van der Waals surface area contributed by atoms with E-state index in [9.17, 15) is 9.59 Å². The van der Waals surface area contributed by atoms with Crippen molar-refractivity contribution in [3.05, 3.63) is 35.9 Å². The van der Waals surface area contributed by atoms with Gasteiger partial charge in [0, 0.05) is 6.42 Å². The molecule has 1 heterocycles. The van der Waals surface area contributed by atoms with Crippen LogP contribution in [-0.2, 0) is 20.7 Å². The second kappa shape index (κ2) is 8.49. The molecule has 0 unspecified atom stereocenters. The molecule has 1 amide bonds. The van der Waals surface area contributed by atoms with E-state index in [1.54, 1.807) is 0 Å². The molecule has 9 heteroatoms. The standard InChI is InChI=1S/C14H16N4O3S2/c1-21-12(20)10(7-9-5-3-2-4-6-9)16-11(19)8-22-14-18-17-13(15)23-14/h2-6,10H,7-8H2,1H3,(H2,15,17)(H,16,19)/t10-/m1/s1. The Hall–Kier alpha value is -2.13. The second-order valence-electron chi connectivity index (χ2n) is 4.53. The maximum absolute atomic E-state index is 12.0. The van der Waals surface area contributed by atoms with Gasteiger partial charge in [-0.25, -0.2) is 4.79 Å². The van der Waals surface area contributed by atoms with E-state index in [0.717, 1.165) is 5.56 Å². The molecule has 2 rings (SSSR count). The van der Waals surface area contributed by atoms with Crippen LogP contribution in [0.5, 0.6) is 0 Å². The zero-order valence-corrected chi connectivity index (χ0v) is 14.0. The highest BCUT2D eigenvalue weighted by molar-refractivity contribution is 8.01. The third-order valence-corrected chi connectivity index (χ3v) is 4.74. The molecule has 0 spiro atoms. The molecule has 1 aromatic carbocycles. The first kappa shape index (κ1) is 17.2. The number of nitrogen functional groups attached to an aromatic ring is 1. The highest BCUT2D eigenvalue weighted by Crippen LogP contribution is 2.23. The molecule has 0 saturated heterocycles. The largest absolute Gasteiger partial charge is 0.467 e. The Morgan fingerprint density at radius 1 is 1.35 bits per heavy atom. The van der Waals surface area contributed by atoms with E-state index in [0.29, 0.717) is 15.9 Å². The zero-order valence-electron chi connectivity index (χ0n) is 12.4. The number of nitrogens with zero attached hydrogens (tertiary/aromatic N) is 2. The lowest BCUT2D eigenvalue weighted by Gasteiger charge is -2.16. The first-order chi connectivity index (χ1) is 11.1. The van der Waals surface area contributed by atoms with Gasteiger partial charge in [-0.2, -0.15) is 0 Å². The molecule has 3 N–H and O–H groups in total. The molecule has 1 atom stereocenters. The van der Waals surface area contributed by atoms with Gasteiger partial charge in [-0.3, -0.25) is 4.79 Å². The Morgan fingerprint density at radius 2 is 2.09 bits per heavy atom. The van der Waals surface area contributed by atoms with Crippen molar-refractivity contribution in [1.29, 1.82) is 0 Å². The van der Waals surface area contributed by atoms with Crippen LogP contribution in [0.4, 0.5) is 5.13 Å². The number of aromatic nitrogens is 2. The molecule has 23 heavy (non-hydrogen) atoms. The molecule has 0 aliphatic carbocycles. The van der Waals surface area contributed by atoms with Crippen molar-refractivity contribution < 1.29 is 14.3 Å². The van der Waals surface area contributed by atoms with Gasteiger partial charge in [0.1, 0.15) is 6.04 Å². The fourth-order valence-corrected chi connectivity index (χ4v) is 3.27. The quantitative estimate of drug-likeness (QED) is 0.568. The van der Waals surface area contributed by atoms with E-state index in [2.05, 4.69) is 15.5 Å². The molecule has 122 valence electrons. The van der Waals surface area contributed by atoms with Gasteiger partial charge in [-0.05, 0) is 5.56 Å². The molecule has 0 aliphatic rings. The van der Waals surface area contributed by atoms with Crippen LogP contribution in [0.15, 0.2) is 34.7 Å². The van der Waals surface area contributed by atoms with Gasteiger partial charge in [-0.15, -0.1) is 10.2 Å². The van der Waals surface area contributed by atoms with E-state index in [-0.39, 0.29) is 11.7 Å². The fraction of sp³-hybridized carbons (Fsp3) is 0.286. The van der Waals surface area contributed by atoms with Crippen LogP contribution in [0.1, 0.15) is 5.56 Å². The fourth-order valence-electron chi connectivity index (χ4n) is 1.83. The summed E-state index contributed by atoms with van der Waals surface area (Å²) < 4.78 is 5.36. The predicted octanol–water partition coefficient (Wildman–Crippen LogP) is 1.11. The number of benzene rings is 1. The van der Waals surface area contributed by atoms with Crippen molar-refractivity contribution in [2.75, 3.05) is 18.6 Å². The van der Waals surface area contributed by atoms with Crippen molar-refractivity contribution in [2.45, 2.75) is 16.8 Å². The number of ether oxygens (including phenoxy) is 1. The first-order valence-corrected chi connectivity index (χ1v) is 8.51. The molecule has 2 aromatic rings. The lowest BCUT2D eigenvalue weighted by atomic mass is 10.1.